The van der Waals surface area contributed by atoms with E-state index in [1.54, 1.807) is 0 Å². The summed E-state index contributed by atoms with van der Waals surface area (Å²) in [6.07, 6.45) is 0. The molecule has 0 saturated heterocycles. The summed E-state index contributed by atoms with van der Waals surface area (Å²) in [5, 5.41) is 0. The molecule has 24 heavy (non-hydrogen) atoms. The van der Waals surface area contributed by atoms with Gasteiger partial charge in [-0.15, -0.1) is 0 Å². The van der Waals surface area contributed by atoms with Crippen molar-refractivity contribution < 1.29 is 4.42 Å². The van der Waals surface area contributed by atoms with E-state index in [4.69, 9.17) is 4.42 Å². The van der Waals surface area contributed by atoms with Gasteiger partial charge < -0.3 is 4.42 Å². The molecule has 1 aromatic heterocycles. The lowest BCUT2D eigenvalue weighted by molar-refractivity contribution is 0.597. The van der Waals surface area contributed by atoms with Gasteiger partial charge in [0.25, 0.3) is 0 Å². The number of benzene rings is 3. The Balaban J connectivity index is 1.94. The Bertz CT molecular complexity index is 893. The third kappa shape index (κ3) is 2.65. The van der Waals surface area contributed by atoms with E-state index >= 15 is 0 Å². The number of aryl methyl sites for hydroxylation is 1. The maximum Gasteiger partial charge on any atom is 0.142 e. The molecule has 0 amide bonds. The lowest BCUT2D eigenvalue weighted by Gasteiger charge is -2.03. The smallest absolute Gasteiger partial charge is 0.142 e. The van der Waals surface area contributed by atoms with Crippen molar-refractivity contribution in [1.29, 1.82) is 0 Å². The Morgan fingerprint density at radius 1 is 0.583 bits per heavy atom. The first-order chi connectivity index (χ1) is 11.8. The molecule has 0 atom stereocenters. The van der Waals surface area contributed by atoms with E-state index in [9.17, 15) is 0 Å². The zero-order valence-electron chi connectivity index (χ0n) is 13.6. The van der Waals surface area contributed by atoms with Gasteiger partial charge in [0.05, 0.1) is 0 Å². The molecule has 0 bridgehead atoms. The van der Waals surface area contributed by atoms with Gasteiger partial charge in [0, 0.05) is 16.7 Å². The van der Waals surface area contributed by atoms with Gasteiger partial charge in [-0.25, -0.2) is 0 Å². The lowest BCUT2D eigenvalue weighted by Crippen LogP contribution is -1.78. The van der Waals surface area contributed by atoms with Crippen molar-refractivity contribution in [3.8, 4) is 33.8 Å². The van der Waals surface area contributed by atoms with Crippen LogP contribution in [0.25, 0.3) is 33.8 Å². The molecule has 1 heterocycles. The molecule has 1 nitrogen and oxygen atoms in total. The number of furan rings is 1. The maximum absolute atomic E-state index is 6.32. The molecule has 0 fully saturated rings. The molecule has 0 aliphatic carbocycles. The van der Waals surface area contributed by atoms with Crippen LogP contribution in [0, 0.1) is 6.92 Å². The summed E-state index contributed by atoms with van der Waals surface area (Å²) in [7, 11) is 0. The van der Waals surface area contributed by atoms with Crippen LogP contribution >= 0.6 is 0 Å². The van der Waals surface area contributed by atoms with Gasteiger partial charge in [-0.05, 0) is 24.1 Å². The molecule has 3 aromatic carbocycles. The highest BCUT2D eigenvalue weighted by Gasteiger charge is 2.16. The van der Waals surface area contributed by atoms with Gasteiger partial charge in [-0.1, -0.05) is 84.9 Å². The highest BCUT2D eigenvalue weighted by atomic mass is 16.3. The van der Waals surface area contributed by atoms with E-state index in [2.05, 4.69) is 73.7 Å². The van der Waals surface area contributed by atoms with Gasteiger partial charge >= 0.3 is 0 Å². The van der Waals surface area contributed by atoms with Gasteiger partial charge in [-0.2, -0.15) is 0 Å². The first kappa shape index (κ1) is 14.5. The zero-order chi connectivity index (χ0) is 16.4. The van der Waals surface area contributed by atoms with Crippen LogP contribution in [0.15, 0.2) is 95.4 Å². The Morgan fingerprint density at radius 2 is 1.17 bits per heavy atom. The highest BCUT2D eigenvalue weighted by molar-refractivity contribution is 5.84. The summed E-state index contributed by atoms with van der Waals surface area (Å²) in [5.74, 6) is 1.82. The van der Waals surface area contributed by atoms with E-state index in [1.807, 2.05) is 24.3 Å². The standard InChI is InChI=1S/C23H18O/c1-17-10-8-9-15-20(17)22-16-21(18-11-4-2-5-12-18)23(24-22)19-13-6-3-7-14-19/h2-16H,1H3. The predicted molar refractivity (Wildman–Crippen MR) is 99.8 cm³/mol. The molecule has 116 valence electrons. The van der Waals surface area contributed by atoms with Crippen molar-refractivity contribution in [3.63, 3.8) is 0 Å². The average molecular weight is 310 g/mol. The van der Waals surface area contributed by atoms with Crippen molar-refractivity contribution in [2.75, 3.05) is 0 Å². The highest BCUT2D eigenvalue weighted by Crippen LogP contribution is 2.39. The summed E-state index contributed by atoms with van der Waals surface area (Å²) in [5.41, 5.74) is 5.73. The van der Waals surface area contributed by atoms with Crippen molar-refractivity contribution in [2.45, 2.75) is 6.92 Å². The number of hydrogen-bond acceptors (Lipinski definition) is 1. The Labute approximate surface area is 142 Å². The minimum atomic E-state index is 0.908. The second-order valence-corrected chi connectivity index (χ2v) is 5.90. The summed E-state index contributed by atoms with van der Waals surface area (Å²) in [6, 6.07) is 31.2. The van der Waals surface area contributed by atoms with Crippen molar-refractivity contribution in [1.82, 2.24) is 0 Å². The van der Waals surface area contributed by atoms with Crippen LogP contribution in [-0.4, -0.2) is 0 Å². The van der Waals surface area contributed by atoms with Crippen molar-refractivity contribution >= 4 is 0 Å². The number of hydrogen-bond donors (Lipinski definition) is 0. The summed E-state index contributed by atoms with van der Waals surface area (Å²) in [6.45, 7) is 2.11. The molecule has 1 heteroatoms. The van der Waals surface area contributed by atoms with Crippen molar-refractivity contribution in [3.05, 3.63) is 96.6 Å². The molecule has 0 N–H and O–H groups in total. The van der Waals surface area contributed by atoms with Crippen molar-refractivity contribution in [2.24, 2.45) is 0 Å². The topological polar surface area (TPSA) is 13.1 Å². The van der Waals surface area contributed by atoms with Crippen LogP contribution in [-0.2, 0) is 0 Å². The fourth-order valence-corrected chi connectivity index (χ4v) is 3.01. The first-order valence-corrected chi connectivity index (χ1v) is 8.13. The summed E-state index contributed by atoms with van der Waals surface area (Å²) >= 11 is 0. The predicted octanol–water partition coefficient (Wildman–Crippen LogP) is 6.59. The third-order valence-corrected chi connectivity index (χ3v) is 4.26. The molecular formula is C23H18O. The summed E-state index contributed by atoms with van der Waals surface area (Å²) < 4.78 is 6.32. The average Bonchev–Trinajstić information content (AvgIpc) is 3.09. The minimum Gasteiger partial charge on any atom is -0.455 e. The van der Waals surface area contributed by atoms with E-state index < -0.39 is 0 Å². The third-order valence-electron chi connectivity index (χ3n) is 4.26. The van der Waals surface area contributed by atoms with E-state index in [0.29, 0.717) is 0 Å². The second-order valence-electron chi connectivity index (χ2n) is 5.90. The van der Waals surface area contributed by atoms with E-state index in [-0.39, 0.29) is 0 Å². The molecule has 0 saturated carbocycles. The Kier molecular flexibility index (Phi) is 3.76. The van der Waals surface area contributed by atoms with E-state index in [0.717, 1.165) is 28.2 Å². The molecule has 0 aliphatic heterocycles. The van der Waals surface area contributed by atoms with E-state index in [1.165, 1.54) is 11.1 Å². The molecule has 0 radical (unpaired) electrons. The zero-order valence-corrected chi connectivity index (χ0v) is 13.6. The minimum absolute atomic E-state index is 0.908. The normalized spacial score (nSPS) is 10.7. The SMILES string of the molecule is Cc1ccccc1-c1cc(-c2ccccc2)c(-c2ccccc2)o1. The van der Waals surface area contributed by atoms with Gasteiger partial charge in [0.2, 0.25) is 0 Å². The summed E-state index contributed by atoms with van der Waals surface area (Å²) in [4.78, 5) is 0. The van der Waals surface area contributed by atoms with Gasteiger partial charge in [0.15, 0.2) is 0 Å². The Morgan fingerprint density at radius 3 is 1.83 bits per heavy atom. The van der Waals surface area contributed by atoms with Gasteiger partial charge in [-0.3, -0.25) is 0 Å². The Hall–Kier alpha value is -3.06. The quantitative estimate of drug-likeness (QED) is 0.416. The fraction of sp³-hybridized carbons (Fsp3) is 0.0435. The monoisotopic (exact) mass is 310 g/mol. The van der Waals surface area contributed by atoms with Crippen LogP contribution < -0.4 is 0 Å². The lowest BCUT2D eigenvalue weighted by atomic mass is 10.0. The molecule has 0 aliphatic rings. The largest absolute Gasteiger partial charge is 0.455 e. The molecule has 4 rings (SSSR count). The molecule has 0 spiro atoms. The molecular weight excluding hydrogens is 292 g/mol. The van der Waals surface area contributed by atoms with Crippen LogP contribution in [0.4, 0.5) is 0 Å². The van der Waals surface area contributed by atoms with Crippen LogP contribution in [0.5, 0.6) is 0 Å². The van der Waals surface area contributed by atoms with Crippen LogP contribution in [0.2, 0.25) is 0 Å². The van der Waals surface area contributed by atoms with Crippen LogP contribution in [0.3, 0.4) is 0 Å². The molecule has 4 aromatic rings. The van der Waals surface area contributed by atoms with Gasteiger partial charge in [0.1, 0.15) is 11.5 Å². The molecule has 0 unspecified atom stereocenters. The second kappa shape index (κ2) is 6.21. The van der Waals surface area contributed by atoms with Crippen LogP contribution in [0.1, 0.15) is 5.56 Å². The number of rotatable bonds is 3. The fourth-order valence-electron chi connectivity index (χ4n) is 3.01. The maximum atomic E-state index is 6.32. The first-order valence-electron chi connectivity index (χ1n) is 8.13.